The first-order valence-corrected chi connectivity index (χ1v) is 12.0. The van der Waals surface area contributed by atoms with Gasteiger partial charge in [-0.1, -0.05) is 44.2 Å². The van der Waals surface area contributed by atoms with Gasteiger partial charge in [0.25, 0.3) is 5.91 Å². The molecular weight excluding hydrogens is 424 g/mol. The molecule has 0 atom stereocenters. The van der Waals surface area contributed by atoms with Gasteiger partial charge in [-0.05, 0) is 60.7 Å². The van der Waals surface area contributed by atoms with Gasteiger partial charge >= 0.3 is 0 Å². The molecule has 34 heavy (non-hydrogen) atoms. The van der Waals surface area contributed by atoms with Crippen molar-refractivity contribution in [3.05, 3.63) is 90.0 Å². The number of pyridine rings is 1. The first-order valence-electron chi connectivity index (χ1n) is 12.0. The van der Waals surface area contributed by atoms with Gasteiger partial charge in [-0.3, -0.25) is 9.78 Å². The van der Waals surface area contributed by atoms with Gasteiger partial charge in [0, 0.05) is 25.7 Å². The van der Waals surface area contributed by atoms with Crippen LogP contribution in [0.5, 0.6) is 5.75 Å². The predicted molar refractivity (Wildman–Crippen MR) is 135 cm³/mol. The van der Waals surface area contributed by atoms with Gasteiger partial charge in [0.1, 0.15) is 17.3 Å². The Hall–Kier alpha value is -3.67. The van der Waals surface area contributed by atoms with E-state index in [0.717, 1.165) is 48.4 Å². The van der Waals surface area contributed by atoms with Gasteiger partial charge in [-0.25, -0.2) is 4.98 Å². The predicted octanol–water partition coefficient (Wildman–Crippen LogP) is 5.39. The molecule has 4 aromatic rings. The normalized spacial score (nSPS) is 11.1. The zero-order valence-electron chi connectivity index (χ0n) is 19.9. The van der Waals surface area contributed by atoms with Crippen molar-refractivity contribution in [2.75, 3.05) is 13.2 Å². The molecule has 1 amide bonds. The molecule has 0 spiro atoms. The Morgan fingerprint density at radius 2 is 1.79 bits per heavy atom. The average Bonchev–Trinajstić information content (AvgIpc) is 3.22. The summed E-state index contributed by atoms with van der Waals surface area (Å²) in [4.78, 5) is 21.1. The summed E-state index contributed by atoms with van der Waals surface area (Å²) < 4.78 is 8.25. The Bertz CT molecular complexity index is 1200. The molecule has 0 aliphatic rings. The SMILES string of the molecule is CC(C)c1ccc(OCCCn2c(CCCNC(=O)c3ccccn3)nc3ccccc32)cc1. The van der Waals surface area contributed by atoms with E-state index in [9.17, 15) is 4.79 Å². The average molecular weight is 457 g/mol. The molecule has 0 unspecified atom stereocenters. The lowest BCUT2D eigenvalue weighted by molar-refractivity contribution is 0.0948. The summed E-state index contributed by atoms with van der Waals surface area (Å²) in [7, 11) is 0. The molecule has 6 nitrogen and oxygen atoms in total. The Kier molecular flexibility index (Phi) is 7.91. The number of carbonyl (C=O) groups is 1. The number of imidazole rings is 1. The monoisotopic (exact) mass is 456 g/mol. The molecule has 1 N–H and O–H groups in total. The smallest absolute Gasteiger partial charge is 0.269 e. The highest BCUT2D eigenvalue weighted by Gasteiger charge is 2.11. The summed E-state index contributed by atoms with van der Waals surface area (Å²) in [5, 5.41) is 2.95. The van der Waals surface area contributed by atoms with Crippen LogP contribution in [0.3, 0.4) is 0 Å². The number of carbonyl (C=O) groups excluding carboxylic acids is 1. The third-order valence-electron chi connectivity index (χ3n) is 5.84. The Labute approximate surface area is 201 Å². The Balaban J connectivity index is 1.31. The van der Waals surface area contributed by atoms with E-state index in [1.165, 1.54) is 5.56 Å². The number of benzene rings is 2. The molecule has 0 aliphatic heterocycles. The van der Waals surface area contributed by atoms with Crippen LogP contribution in [-0.2, 0) is 13.0 Å². The molecule has 2 aromatic carbocycles. The fraction of sp³-hybridized carbons (Fsp3) is 0.321. The van der Waals surface area contributed by atoms with Crippen LogP contribution in [0.1, 0.15) is 54.5 Å². The van der Waals surface area contributed by atoms with E-state index < -0.39 is 0 Å². The van der Waals surface area contributed by atoms with Gasteiger partial charge < -0.3 is 14.6 Å². The van der Waals surface area contributed by atoms with Gasteiger partial charge in [0.2, 0.25) is 0 Å². The van der Waals surface area contributed by atoms with Crippen LogP contribution in [0.4, 0.5) is 0 Å². The summed E-state index contributed by atoms with van der Waals surface area (Å²) >= 11 is 0. The van der Waals surface area contributed by atoms with Crippen LogP contribution < -0.4 is 10.1 Å². The molecule has 4 rings (SSSR count). The number of nitrogens with zero attached hydrogens (tertiary/aromatic N) is 3. The van der Waals surface area contributed by atoms with E-state index in [1.807, 2.05) is 36.4 Å². The topological polar surface area (TPSA) is 69.0 Å². The van der Waals surface area contributed by atoms with Gasteiger partial charge in [-0.2, -0.15) is 0 Å². The minimum atomic E-state index is -0.146. The van der Waals surface area contributed by atoms with Crippen molar-refractivity contribution < 1.29 is 9.53 Å². The summed E-state index contributed by atoms with van der Waals surface area (Å²) in [5.41, 5.74) is 3.89. The number of aromatic nitrogens is 3. The maximum atomic E-state index is 12.2. The number of para-hydroxylation sites is 2. The molecular formula is C28H32N4O2. The van der Waals surface area contributed by atoms with Crippen LogP contribution >= 0.6 is 0 Å². The third kappa shape index (κ3) is 6.01. The van der Waals surface area contributed by atoms with Gasteiger partial charge in [0.15, 0.2) is 0 Å². The highest BCUT2D eigenvalue weighted by atomic mass is 16.5. The maximum Gasteiger partial charge on any atom is 0.269 e. The van der Waals surface area contributed by atoms with Crippen LogP contribution in [0, 0.1) is 0 Å². The fourth-order valence-electron chi connectivity index (χ4n) is 3.96. The first-order chi connectivity index (χ1) is 16.6. The van der Waals surface area contributed by atoms with Crippen molar-refractivity contribution in [3.63, 3.8) is 0 Å². The van der Waals surface area contributed by atoms with E-state index in [2.05, 4.69) is 46.9 Å². The Morgan fingerprint density at radius 3 is 2.56 bits per heavy atom. The second-order valence-electron chi connectivity index (χ2n) is 8.67. The van der Waals surface area contributed by atoms with Gasteiger partial charge in [0.05, 0.1) is 17.6 Å². The van der Waals surface area contributed by atoms with E-state index in [-0.39, 0.29) is 5.91 Å². The van der Waals surface area contributed by atoms with E-state index in [4.69, 9.17) is 9.72 Å². The molecule has 2 heterocycles. The van der Waals surface area contributed by atoms with Crippen LogP contribution in [0.15, 0.2) is 72.9 Å². The molecule has 0 fully saturated rings. The lowest BCUT2D eigenvalue weighted by Crippen LogP contribution is -2.25. The number of hydrogen-bond donors (Lipinski definition) is 1. The molecule has 0 aliphatic carbocycles. The fourth-order valence-corrected chi connectivity index (χ4v) is 3.96. The molecule has 0 saturated heterocycles. The molecule has 6 heteroatoms. The van der Waals surface area contributed by atoms with Crippen molar-refractivity contribution >= 4 is 16.9 Å². The second-order valence-corrected chi connectivity index (χ2v) is 8.67. The summed E-state index contributed by atoms with van der Waals surface area (Å²) in [6.07, 6.45) is 4.10. The number of amides is 1. The number of hydrogen-bond acceptors (Lipinski definition) is 4. The zero-order valence-corrected chi connectivity index (χ0v) is 19.9. The second kappa shape index (κ2) is 11.5. The van der Waals surface area contributed by atoms with E-state index >= 15 is 0 Å². The number of nitrogens with one attached hydrogen (secondary N) is 1. The standard InChI is InChI=1S/C28H32N4O2/c1-21(2)22-13-15-23(16-14-22)34-20-8-19-32-26-11-4-3-9-24(26)31-27(32)12-7-18-30-28(33)25-10-5-6-17-29-25/h3-6,9-11,13-17,21H,7-8,12,18-20H2,1-2H3,(H,30,33). The van der Waals surface area contributed by atoms with Crippen LogP contribution in [-0.4, -0.2) is 33.6 Å². The maximum absolute atomic E-state index is 12.2. The van der Waals surface area contributed by atoms with Crippen molar-refractivity contribution in [1.29, 1.82) is 0 Å². The van der Waals surface area contributed by atoms with Crippen molar-refractivity contribution in [2.45, 2.75) is 45.6 Å². The molecule has 0 radical (unpaired) electrons. The Morgan fingerprint density at radius 1 is 1.00 bits per heavy atom. The number of aryl methyl sites for hydroxylation is 2. The molecule has 0 bridgehead atoms. The quantitative estimate of drug-likeness (QED) is 0.307. The molecule has 2 aromatic heterocycles. The minimum Gasteiger partial charge on any atom is -0.494 e. The van der Waals surface area contributed by atoms with E-state index in [0.29, 0.717) is 24.8 Å². The first kappa shape index (κ1) is 23.5. The summed E-state index contributed by atoms with van der Waals surface area (Å²) in [6, 6.07) is 21.9. The highest BCUT2D eigenvalue weighted by molar-refractivity contribution is 5.92. The van der Waals surface area contributed by atoms with Gasteiger partial charge in [-0.15, -0.1) is 0 Å². The summed E-state index contributed by atoms with van der Waals surface area (Å²) in [5.74, 6) is 2.32. The third-order valence-corrected chi connectivity index (χ3v) is 5.84. The highest BCUT2D eigenvalue weighted by Crippen LogP contribution is 2.20. The van der Waals surface area contributed by atoms with Crippen molar-refractivity contribution in [3.8, 4) is 5.75 Å². The largest absolute Gasteiger partial charge is 0.494 e. The lowest BCUT2D eigenvalue weighted by atomic mass is 10.0. The molecule has 0 saturated carbocycles. The molecule has 176 valence electrons. The number of ether oxygens (including phenoxy) is 1. The zero-order chi connectivity index (χ0) is 23.8. The van der Waals surface area contributed by atoms with Crippen molar-refractivity contribution in [1.82, 2.24) is 19.9 Å². The summed E-state index contributed by atoms with van der Waals surface area (Å²) in [6.45, 7) is 6.44. The number of rotatable bonds is 11. The lowest BCUT2D eigenvalue weighted by Gasteiger charge is -2.11. The van der Waals surface area contributed by atoms with Crippen LogP contribution in [0.2, 0.25) is 0 Å². The number of fused-ring (bicyclic) bond motifs is 1. The van der Waals surface area contributed by atoms with E-state index in [1.54, 1.807) is 18.3 Å². The minimum absolute atomic E-state index is 0.146. The van der Waals surface area contributed by atoms with Crippen molar-refractivity contribution in [2.24, 2.45) is 0 Å². The van der Waals surface area contributed by atoms with Crippen LogP contribution in [0.25, 0.3) is 11.0 Å².